The van der Waals surface area contributed by atoms with E-state index in [0.717, 1.165) is 14.5 Å². The zero-order chi connectivity index (χ0) is 14.8. The van der Waals surface area contributed by atoms with Crippen molar-refractivity contribution < 1.29 is 8.42 Å². The SMILES string of the molecule is CS(=O)(=O)N(Cc1cccc(Br)c1)c1cccc(Br)c1. The number of hydrogen-bond donors (Lipinski definition) is 0. The molecule has 0 unspecified atom stereocenters. The van der Waals surface area contributed by atoms with Gasteiger partial charge in [0.25, 0.3) is 0 Å². The summed E-state index contributed by atoms with van der Waals surface area (Å²) in [6.45, 7) is 0.300. The van der Waals surface area contributed by atoms with Crippen LogP contribution in [-0.4, -0.2) is 14.7 Å². The number of rotatable bonds is 4. The second-order valence-electron chi connectivity index (χ2n) is 4.38. The van der Waals surface area contributed by atoms with Crippen molar-refractivity contribution in [3.63, 3.8) is 0 Å². The highest BCUT2D eigenvalue weighted by Gasteiger charge is 2.18. The molecule has 6 heteroatoms. The molecule has 0 spiro atoms. The standard InChI is InChI=1S/C14H13Br2NO2S/c1-20(18,19)17(14-7-3-6-13(16)9-14)10-11-4-2-5-12(15)8-11/h2-9H,10H2,1H3. The topological polar surface area (TPSA) is 37.4 Å². The molecular formula is C14H13Br2NO2S. The lowest BCUT2D eigenvalue weighted by Gasteiger charge is -2.22. The molecule has 3 nitrogen and oxygen atoms in total. The van der Waals surface area contributed by atoms with Gasteiger partial charge >= 0.3 is 0 Å². The zero-order valence-electron chi connectivity index (χ0n) is 10.8. The molecule has 0 saturated carbocycles. The Bertz CT molecular complexity index is 717. The highest BCUT2D eigenvalue weighted by molar-refractivity contribution is 9.10. The number of benzene rings is 2. The maximum atomic E-state index is 12.0. The van der Waals surface area contributed by atoms with Gasteiger partial charge in [0.2, 0.25) is 10.0 Å². The third-order valence-corrected chi connectivity index (χ3v) is 4.84. The molecule has 2 aromatic rings. The molecule has 0 aromatic heterocycles. The first-order valence-corrected chi connectivity index (χ1v) is 9.27. The van der Waals surface area contributed by atoms with Gasteiger partial charge in [0.15, 0.2) is 0 Å². The normalized spacial score (nSPS) is 11.3. The summed E-state index contributed by atoms with van der Waals surface area (Å²) in [6.07, 6.45) is 1.21. The van der Waals surface area contributed by atoms with Crippen molar-refractivity contribution in [3.8, 4) is 0 Å². The van der Waals surface area contributed by atoms with Crippen LogP contribution in [0.2, 0.25) is 0 Å². The van der Waals surface area contributed by atoms with Crippen LogP contribution in [-0.2, 0) is 16.6 Å². The average Bonchev–Trinajstić information content (AvgIpc) is 2.34. The summed E-state index contributed by atoms with van der Waals surface area (Å²) in [7, 11) is -3.35. The molecule has 0 heterocycles. The minimum absolute atomic E-state index is 0.300. The van der Waals surface area contributed by atoms with Crippen molar-refractivity contribution >= 4 is 47.6 Å². The Morgan fingerprint density at radius 2 is 1.60 bits per heavy atom. The first-order valence-electron chi connectivity index (χ1n) is 5.84. The third kappa shape index (κ3) is 4.07. The highest BCUT2D eigenvalue weighted by Crippen LogP contribution is 2.24. The van der Waals surface area contributed by atoms with Crippen LogP contribution in [0.1, 0.15) is 5.56 Å². The van der Waals surface area contributed by atoms with Crippen molar-refractivity contribution in [2.75, 3.05) is 10.6 Å². The smallest absolute Gasteiger partial charge is 0.232 e. The van der Waals surface area contributed by atoms with Gasteiger partial charge in [-0.1, -0.05) is 50.1 Å². The van der Waals surface area contributed by atoms with E-state index in [2.05, 4.69) is 31.9 Å². The van der Waals surface area contributed by atoms with Crippen LogP contribution in [0, 0.1) is 0 Å². The van der Waals surface area contributed by atoms with Crippen LogP contribution in [0.3, 0.4) is 0 Å². The monoisotopic (exact) mass is 417 g/mol. The first-order chi connectivity index (χ1) is 9.36. The summed E-state index contributed by atoms with van der Waals surface area (Å²) >= 11 is 6.76. The third-order valence-electron chi connectivity index (χ3n) is 2.71. The molecule has 0 saturated heterocycles. The molecule has 20 heavy (non-hydrogen) atoms. The predicted octanol–water partition coefficient (Wildman–Crippen LogP) is 4.18. The average molecular weight is 419 g/mol. The molecular weight excluding hydrogens is 406 g/mol. The second kappa shape index (κ2) is 6.28. The van der Waals surface area contributed by atoms with Gasteiger partial charge < -0.3 is 0 Å². The predicted molar refractivity (Wildman–Crippen MR) is 89.3 cm³/mol. The lowest BCUT2D eigenvalue weighted by Crippen LogP contribution is -2.29. The van der Waals surface area contributed by atoms with E-state index in [-0.39, 0.29) is 0 Å². The van der Waals surface area contributed by atoms with Crippen molar-refractivity contribution in [1.82, 2.24) is 0 Å². The van der Waals surface area contributed by atoms with Crippen LogP contribution in [0.15, 0.2) is 57.5 Å². The summed E-state index contributed by atoms with van der Waals surface area (Å²) < 4.78 is 27.2. The zero-order valence-corrected chi connectivity index (χ0v) is 14.7. The molecule has 0 fully saturated rings. The molecule has 0 aliphatic rings. The van der Waals surface area contributed by atoms with E-state index in [1.165, 1.54) is 10.6 Å². The van der Waals surface area contributed by atoms with Crippen LogP contribution in [0.25, 0.3) is 0 Å². The maximum absolute atomic E-state index is 12.0. The van der Waals surface area contributed by atoms with Gasteiger partial charge in [-0.25, -0.2) is 8.42 Å². The van der Waals surface area contributed by atoms with E-state index in [4.69, 9.17) is 0 Å². The molecule has 2 aromatic carbocycles. The molecule has 0 amide bonds. The van der Waals surface area contributed by atoms with Crippen LogP contribution in [0.5, 0.6) is 0 Å². The lowest BCUT2D eigenvalue weighted by atomic mass is 10.2. The minimum Gasteiger partial charge on any atom is -0.266 e. The summed E-state index contributed by atoms with van der Waals surface area (Å²) in [5, 5.41) is 0. The van der Waals surface area contributed by atoms with E-state index in [1.807, 2.05) is 36.4 Å². The Balaban J connectivity index is 2.40. The van der Waals surface area contributed by atoms with Gasteiger partial charge in [-0.2, -0.15) is 0 Å². The second-order valence-corrected chi connectivity index (χ2v) is 8.12. The van der Waals surface area contributed by atoms with E-state index >= 15 is 0 Å². The summed E-state index contributed by atoms with van der Waals surface area (Å²) in [5.74, 6) is 0. The molecule has 0 aliphatic carbocycles. The number of anilines is 1. The quantitative estimate of drug-likeness (QED) is 0.746. The number of sulfonamides is 1. The molecule has 0 atom stereocenters. The molecule has 0 bridgehead atoms. The Morgan fingerprint density at radius 1 is 1.00 bits per heavy atom. The first kappa shape index (κ1) is 15.5. The van der Waals surface area contributed by atoms with Gasteiger partial charge in [-0.3, -0.25) is 4.31 Å². The lowest BCUT2D eigenvalue weighted by molar-refractivity contribution is 0.596. The number of hydrogen-bond acceptors (Lipinski definition) is 2. The molecule has 2 rings (SSSR count). The van der Waals surface area contributed by atoms with Gasteiger partial charge in [0, 0.05) is 8.95 Å². The fourth-order valence-corrected chi connectivity index (χ4v) is 3.55. The highest BCUT2D eigenvalue weighted by atomic mass is 79.9. The van der Waals surface area contributed by atoms with E-state index < -0.39 is 10.0 Å². The van der Waals surface area contributed by atoms with E-state index in [0.29, 0.717) is 12.2 Å². The van der Waals surface area contributed by atoms with E-state index in [9.17, 15) is 8.42 Å². The largest absolute Gasteiger partial charge is 0.266 e. The fraction of sp³-hybridized carbons (Fsp3) is 0.143. The number of nitrogens with zero attached hydrogens (tertiary/aromatic N) is 1. The Labute approximate surface area is 135 Å². The Morgan fingerprint density at radius 3 is 2.15 bits per heavy atom. The molecule has 0 aliphatic heterocycles. The molecule has 0 radical (unpaired) electrons. The van der Waals surface area contributed by atoms with Crippen molar-refractivity contribution in [1.29, 1.82) is 0 Å². The van der Waals surface area contributed by atoms with Crippen molar-refractivity contribution in [2.45, 2.75) is 6.54 Å². The van der Waals surface area contributed by atoms with Gasteiger partial charge in [0.05, 0.1) is 18.5 Å². The maximum Gasteiger partial charge on any atom is 0.232 e. The van der Waals surface area contributed by atoms with Crippen LogP contribution >= 0.6 is 31.9 Å². The Kier molecular flexibility index (Phi) is 4.88. The summed E-state index contributed by atoms with van der Waals surface area (Å²) in [6, 6.07) is 14.9. The summed E-state index contributed by atoms with van der Waals surface area (Å²) in [4.78, 5) is 0. The van der Waals surface area contributed by atoms with E-state index in [1.54, 1.807) is 12.1 Å². The van der Waals surface area contributed by atoms with Gasteiger partial charge in [0.1, 0.15) is 0 Å². The van der Waals surface area contributed by atoms with Gasteiger partial charge in [-0.15, -0.1) is 0 Å². The van der Waals surface area contributed by atoms with Crippen LogP contribution < -0.4 is 4.31 Å². The van der Waals surface area contributed by atoms with Gasteiger partial charge in [-0.05, 0) is 35.9 Å². The van der Waals surface area contributed by atoms with Crippen LogP contribution in [0.4, 0.5) is 5.69 Å². The summed E-state index contributed by atoms with van der Waals surface area (Å²) in [5.41, 5.74) is 1.56. The Hall–Kier alpha value is -0.850. The number of halogens is 2. The minimum atomic E-state index is -3.35. The fourth-order valence-electron chi connectivity index (χ4n) is 1.83. The van der Waals surface area contributed by atoms with Crippen molar-refractivity contribution in [2.24, 2.45) is 0 Å². The molecule has 0 N–H and O–H groups in total. The molecule has 106 valence electrons. The van der Waals surface area contributed by atoms with Crippen molar-refractivity contribution in [3.05, 3.63) is 63.0 Å².